The molecule has 2 aromatic rings. The fourth-order valence-electron chi connectivity index (χ4n) is 2.17. The molecule has 0 radical (unpaired) electrons. The normalized spacial score (nSPS) is 12.4. The Morgan fingerprint density at radius 1 is 0.895 bits per heavy atom. The fourth-order valence-corrected chi connectivity index (χ4v) is 2.29. The smallest absolute Gasteiger partial charge is 0.0620 e. The van der Waals surface area contributed by atoms with E-state index in [1.807, 2.05) is 24.3 Å². The summed E-state index contributed by atoms with van der Waals surface area (Å²) in [6.45, 7) is 4.20. The minimum absolute atomic E-state index is 0.358. The average molecular weight is 275 g/mol. The van der Waals surface area contributed by atoms with E-state index in [1.165, 1.54) is 16.7 Å². The van der Waals surface area contributed by atoms with Gasteiger partial charge in [-0.2, -0.15) is 0 Å². The van der Waals surface area contributed by atoms with Crippen molar-refractivity contribution in [2.24, 2.45) is 0 Å². The minimum Gasteiger partial charge on any atom is -0.392 e. The van der Waals surface area contributed by atoms with Crippen LogP contribution in [-0.2, 0) is 12.8 Å². The molecule has 2 heteroatoms. The third kappa shape index (κ3) is 4.09. The third-order valence-corrected chi connectivity index (χ3v) is 3.68. The highest BCUT2D eigenvalue weighted by Crippen LogP contribution is 2.15. The van der Waals surface area contributed by atoms with E-state index in [-0.39, 0.29) is 6.10 Å². The molecule has 0 fully saturated rings. The van der Waals surface area contributed by atoms with Gasteiger partial charge in [0, 0.05) is 5.02 Å². The zero-order valence-corrected chi connectivity index (χ0v) is 12.1. The Bertz CT molecular complexity index is 546. The van der Waals surface area contributed by atoms with Gasteiger partial charge in [0.05, 0.1) is 6.10 Å². The van der Waals surface area contributed by atoms with Crippen molar-refractivity contribution < 1.29 is 5.11 Å². The highest BCUT2D eigenvalue weighted by Gasteiger charge is 2.07. The van der Waals surface area contributed by atoms with Crippen LogP contribution in [0.15, 0.2) is 42.5 Å². The molecule has 1 atom stereocenters. The number of hydrogen-bond donors (Lipinski definition) is 1. The fraction of sp³-hybridized carbons (Fsp3) is 0.294. The van der Waals surface area contributed by atoms with Crippen LogP contribution in [0.25, 0.3) is 0 Å². The molecule has 2 aromatic carbocycles. The summed E-state index contributed by atoms with van der Waals surface area (Å²) in [4.78, 5) is 0. The average Bonchev–Trinajstić information content (AvgIpc) is 2.37. The van der Waals surface area contributed by atoms with Crippen LogP contribution in [-0.4, -0.2) is 11.2 Å². The predicted octanol–water partition coefficient (Wildman–Crippen LogP) is 4.10. The first-order valence-corrected chi connectivity index (χ1v) is 6.91. The largest absolute Gasteiger partial charge is 0.392 e. The molecule has 0 spiro atoms. The number of benzene rings is 2. The molecule has 0 saturated carbocycles. The Morgan fingerprint density at radius 3 is 2.11 bits per heavy atom. The monoisotopic (exact) mass is 274 g/mol. The van der Waals surface area contributed by atoms with E-state index >= 15 is 0 Å². The molecule has 19 heavy (non-hydrogen) atoms. The molecule has 0 aliphatic heterocycles. The Kier molecular flexibility index (Phi) is 4.62. The predicted molar refractivity (Wildman–Crippen MR) is 80.8 cm³/mol. The molecule has 0 saturated heterocycles. The zero-order valence-electron chi connectivity index (χ0n) is 11.4. The van der Waals surface area contributed by atoms with Crippen molar-refractivity contribution >= 4 is 11.6 Å². The Hall–Kier alpha value is -1.31. The second-order valence-corrected chi connectivity index (χ2v) is 5.54. The molecule has 0 amide bonds. The van der Waals surface area contributed by atoms with Crippen LogP contribution in [0.5, 0.6) is 0 Å². The summed E-state index contributed by atoms with van der Waals surface area (Å²) in [5.41, 5.74) is 4.86. The lowest BCUT2D eigenvalue weighted by atomic mass is 9.98. The summed E-state index contributed by atoms with van der Waals surface area (Å²) in [5.74, 6) is 0. The van der Waals surface area contributed by atoms with E-state index in [9.17, 15) is 5.11 Å². The highest BCUT2D eigenvalue weighted by molar-refractivity contribution is 6.30. The van der Waals surface area contributed by atoms with Crippen LogP contribution in [0.1, 0.15) is 22.3 Å². The van der Waals surface area contributed by atoms with Gasteiger partial charge in [-0.3, -0.25) is 0 Å². The number of aryl methyl sites for hydroxylation is 2. The summed E-state index contributed by atoms with van der Waals surface area (Å²) in [6.07, 6.45) is 0.983. The number of halogens is 1. The molecular weight excluding hydrogens is 256 g/mol. The van der Waals surface area contributed by atoms with E-state index in [4.69, 9.17) is 11.6 Å². The molecule has 0 aliphatic carbocycles. The van der Waals surface area contributed by atoms with Crippen molar-refractivity contribution in [3.05, 3.63) is 69.7 Å². The summed E-state index contributed by atoms with van der Waals surface area (Å²) in [5, 5.41) is 10.9. The lowest BCUT2D eigenvalue weighted by Crippen LogP contribution is -2.14. The van der Waals surface area contributed by atoms with Gasteiger partial charge in [0.2, 0.25) is 0 Å². The number of rotatable bonds is 4. The minimum atomic E-state index is -0.358. The topological polar surface area (TPSA) is 20.2 Å². The number of hydrogen-bond acceptors (Lipinski definition) is 1. The summed E-state index contributed by atoms with van der Waals surface area (Å²) < 4.78 is 0. The van der Waals surface area contributed by atoms with Gasteiger partial charge in [0.25, 0.3) is 0 Å². The van der Waals surface area contributed by atoms with Crippen LogP contribution in [0.4, 0.5) is 0 Å². The summed E-state index contributed by atoms with van der Waals surface area (Å²) in [7, 11) is 0. The van der Waals surface area contributed by atoms with Gasteiger partial charge in [-0.25, -0.2) is 0 Å². The van der Waals surface area contributed by atoms with Gasteiger partial charge >= 0.3 is 0 Å². The van der Waals surface area contributed by atoms with E-state index in [2.05, 4.69) is 32.0 Å². The SMILES string of the molecule is Cc1ccc(CC(O)Cc2ccc(Cl)cc2)cc1C. The van der Waals surface area contributed by atoms with Crippen LogP contribution in [0, 0.1) is 13.8 Å². The van der Waals surface area contributed by atoms with Crippen molar-refractivity contribution in [1.82, 2.24) is 0 Å². The van der Waals surface area contributed by atoms with Crippen LogP contribution in [0.2, 0.25) is 5.02 Å². The Labute approximate surface area is 119 Å². The molecule has 0 heterocycles. The quantitative estimate of drug-likeness (QED) is 0.890. The second kappa shape index (κ2) is 6.23. The number of aliphatic hydroxyl groups is 1. The summed E-state index contributed by atoms with van der Waals surface area (Å²) in [6, 6.07) is 14.0. The van der Waals surface area contributed by atoms with E-state index in [0.29, 0.717) is 12.8 Å². The zero-order chi connectivity index (χ0) is 13.8. The number of aliphatic hydroxyl groups excluding tert-OH is 1. The molecule has 100 valence electrons. The molecule has 0 aliphatic rings. The lowest BCUT2D eigenvalue weighted by molar-refractivity contribution is 0.175. The maximum Gasteiger partial charge on any atom is 0.0620 e. The van der Waals surface area contributed by atoms with Crippen molar-refractivity contribution in [2.45, 2.75) is 32.8 Å². The molecule has 0 bridgehead atoms. The molecular formula is C17H19ClO. The van der Waals surface area contributed by atoms with E-state index in [1.54, 1.807) is 0 Å². The standard InChI is InChI=1S/C17H19ClO/c1-12-3-4-15(9-13(12)2)11-17(19)10-14-5-7-16(18)8-6-14/h3-9,17,19H,10-11H2,1-2H3. The van der Waals surface area contributed by atoms with Gasteiger partial charge in [0.1, 0.15) is 0 Å². The van der Waals surface area contributed by atoms with Gasteiger partial charge in [0.15, 0.2) is 0 Å². The molecule has 1 N–H and O–H groups in total. The van der Waals surface area contributed by atoms with Crippen LogP contribution < -0.4 is 0 Å². The summed E-state index contributed by atoms with van der Waals surface area (Å²) >= 11 is 5.85. The van der Waals surface area contributed by atoms with Gasteiger partial charge in [-0.15, -0.1) is 0 Å². The lowest BCUT2D eigenvalue weighted by Gasteiger charge is -2.12. The molecule has 1 unspecified atom stereocenters. The van der Waals surface area contributed by atoms with Crippen molar-refractivity contribution in [3.8, 4) is 0 Å². The van der Waals surface area contributed by atoms with Crippen LogP contribution in [0.3, 0.4) is 0 Å². The van der Waals surface area contributed by atoms with E-state index in [0.717, 1.165) is 10.6 Å². The molecule has 2 rings (SSSR count). The Morgan fingerprint density at radius 2 is 1.47 bits per heavy atom. The Balaban J connectivity index is 1.98. The van der Waals surface area contributed by atoms with Gasteiger partial charge in [-0.05, 0) is 61.1 Å². The van der Waals surface area contributed by atoms with Crippen LogP contribution >= 0.6 is 11.6 Å². The van der Waals surface area contributed by atoms with Crippen molar-refractivity contribution in [2.75, 3.05) is 0 Å². The highest BCUT2D eigenvalue weighted by atomic mass is 35.5. The van der Waals surface area contributed by atoms with Crippen molar-refractivity contribution in [3.63, 3.8) is 0 Å². The maximum atomic E-state index is 10.2. The third-order valence-electron chi connectivity index (χ3n) is 3.43. The molecule has 1 nitrogen and oxygen atoms in total. The van der Waals surface area contributed by atoms with Gasteiger partial charge < -0.3 is 5.11 Å². The first-order chi connectivity index (χ1) is 9.04. The van der Waals surface area contributed by atoms with Crippen molar-refractivity contribution in [1.29, 1.82) is 0 Å². The first-order valence-electron chi connectivity index (χ1n) is 6.53. The molecule has 0 aromatic heterocycles. The van der Waals surface area contributed by atoms with Gasteiger partial charge in [-0.1, -0.05) is 41.9 Å². The maximum absolute atomic E-state index is 10.2. The second-order valence-electron chi connectivity index (χ2n) is 5.11. The van der Waals surface area contributed by atoms with E-state index < -0.39 is 0 Å². The first kappa shape index (κ1) is 14.1.